The zero-order chi connectivity index (χ0) is 14.9. The summed E-state index contributed by atoms with van der Waals surface area (Å²) in [5, 5.41) is 0. The lowest BCUT2D eigenvalue weighted by Gasteiger charge is -2.16. The molecule has 4 nitrogen and oxygen atoms in total. The van der Waals surface area contributed by atoms with Crippen molar-refractivity contribution in [2.45, 2.75) is 19.3 Å². The van der Waals surface area contributed by atoms with E-state index in [2.05, 4.69) is 25.7 Å². The van der Waals surface area contributed by atoms with Crippen LogP contribution in [0, 0.1) is 0 Å². The number of halogens is 4. The van der Waals surface area contributed by atoms with Gasteiger partial charge in [0.1, 0.15) is 0 Å². The second-order valence-electron chi connectivity index (χ2n) is 4.14. The van der Waals surface area contributed by atoms with Crippen molar-refractivity contribution in [3.8, 4) is 11.4 Å². The van der Waals surface area contributed by atoms with E-state index in [0.717, 1.165) is 0 Å². The van der Waals surface area contributed by atoms with Crippen LogP contribution in [0.15, 0.2) is 35.2 Å². The number of ether oxygens (including phenoxy) is 1. The van der Waals surface area contributed by atoms with E-state index < -0.39 is 6.36 Å². The Balaban J connectivity index is 2.53. The van der Waals surface area contributed by atoms with Gasteiger partial charge < -0.3 is 10.5 Å². The molecular formula is C12H11BrF3N3O. The summed E-state index contributed by atoms with van der Waals surface area (Å²) >= 11 is 3.12. The van der Waals surface area contributed by atoms with Gasteiger partial charge in [0.15, 0.2) is 5.75 Å². The van der Waals surface area contributed by atoms with Crippen LogP contribution in [0.1, 0.15) is 18.7 Å². The Morgan fingerprint density at radius 3 is 2.70 bits per heavy atom. The van der Waals surface area contributed by atoms with Gasteiger partial charge >= 0.3 is 6.36 Å². The predicted octanol–water partition coefficient (Wildman–Crippen LogP) is 3.55. The fourth-order valence-electron chi connectivity index (χ4n) is 1.74. The maximum absolute atomic E-state index is 12.5. The van der Waals surface area contributed by atoms with Gasteiger partial charge in [-0.3, -0.25) is 4.57 Å². The molecule has 1 aromatic carbocycles. The number of benzene rings is 1. The number of nitrogens with two attached hydrogens (primary N) is 1. The average Bonchev–Trinajstić information content (AvgIpc) is 2.75. The third-order valence-electron chi connectivity index (χ3n) is 2.54. The molecule has 0 aliphatic carbocycles. The second-order valence-corrected chi connectivity index (χ2v) is 5.05. The fraction of sp³-hybridized carbons (Fsp3) is 0.250. The van der Waals surface area contributed by atoms with Crippen molar-refractivity contribution in [2.24, 2.45) is 5.73 Å². The number of rotatable bonds is 3. The Kier molecular flexibility index (Phi) is 4.05. The van der Waals surface area contributed by atoms with Crippen molar-refractivity contribution in [1.82, 2.24) is 9.55 Å². The lowest BCUT2D eigenvalue weighted by Crippen LogP contribution is -2.19. The summed E-state index contributed by atoms with van der Waals surface area (Å²) < 4.78 is 43.4. The maximum Gasteiger partial charge on any atom is 0.573 e. The van der Waals surface area contributed by atoms with Gasteiger partial charge in [-0.05, 0) is 25.1 Å². The minimum absolute atomic E-state index is 0.218. The van der Waals surface area contributed by atoms with Gasteiger partial charge in [-0.15, -0.1) is 13.2 Å². The summed E-state index contributed by atoms with van der Waals surface area (Å²) in [6, 6.07) is 3.98. The Bertz CT molecular complexity index is 610. The van der Waals surface area contributed by atoms with Crippen molar-refractivity contribution >= 4 is 15.9 Å². The molecule has 0 aliphatic rings. The molecule has 1 atom stereocenters. The zero-order valence-corrected chi connectivity index (χ0v) is 11.9. The summed E-state index contributed by atoms with van der Waals surface area (Å²) in [6.45, 7) is 1.72. The molecule has 2 rings (SSSR count). The fourth-order valence-corrected chi connectivity index (χ4v) is 2.08. The van der Waals surface area contributed by atoms with Gasteiger partial charge in [0, 0.05) is 10.5 Å². The molecule has 20 heavy (non-hydrogen) atoms. The molecule has 0 spiro atoms. The minimum Gasteiger partial charge on any atom is -0.403 e. The van der Waals surface area contributed by atoms with Crippen LogP contribution < -0.4 is 10.5 Å². The Morgan fingerprint density at radius 2 is 2.10 bits per heavy atom. The summed E-state index contributed by atoms with van der Waals surface area (Å²) in [4.78, 5) is 3.91. The molecule has 2 aromatic rings. The zero-order valence-electron chi connectivity index (χ0n) is 10.4. The number of alkyl halides is 3. The average molecular weight is 350 g/mol. The van der Waals surface area contributed by atoms with E-state index in [4.69, 9.17) is 5.73 Å². The standard InChI is InChI=1S/C12H11BrF3N3O/c1-7(17)10-5-18-6-19(10)9-3-2-8(13)4-11(9)20-12(14,15)16/h2-7H,17H2,1H3/t7-/m0/s1. The van der Waals surface area contributed by atoms with Crippen LogP contribution in [-0.2, 0) is 0 Å². The van der Waals surface area contributed by atoms with Crippen LogP contribution in [0.4, 0.5) is 13.2 Å². The van der Waals surface area contributed by atoms with Crippen molar-refractivity contribution in [3.05, 3.63) is 40.9 Å². The van der Waals surface area contributed by atoms with Crippen LogP contribution >= 0.6 is 15.9 Å². The topological polar surface area (TPSA) is 53.1 Å². The molecule has 8 heteroatoms. The summed E-state index contributed by atoms with van der Waals surface area (Å²) in [5.41, 5.74) is 6.57. The molecule has 0 unspecified atom stereocenters. The van der Waals surface area contributed by atoms with Crippen molar-refractivity contribution in [2.75, 3.05) is 0 Å². The van der Waals surface area contributed by atoms with E-state index in [1.165, 1.54) is 29.2 Å². The normalized spacial score (nSPS) is 13.3. The lowest BCUT2D eigenvalue weighted by molar-refractivity contribution is -0.274. The quantitative estimate of drug-likeness (QED) is 0.921. The molecule has 2 N–H and O–H groups in total. The molecule has 0 saturated carbocycles. The van der Waals surface area contributed by atoms with Crippen molar-refractivity contribution in [1.29, 1.82) is 0 Å². The van der Waals surface area contributed by atoms with Crippen LogP contribution in [0.3, 0.4) is 0 Å². The first-order valence-electron chi connectivity index (χ1n) is 5.61. The van der Waals surface area contributed by atoms with Crippen molar-refractivity contribution in [3.63, 3.8) is 0 Å². The van der Waals surface area contributed by atoms with Gasteiger partial charge in [0.2, 0.25) is 0 Å². The highest BCUT2D eigenvalue weighted by Gasteiger charge is 2.32. The molecule has 0 amide bonds. The van der Waals surface area contributed by atoms with Crippen LogP contribution in [-0.4, -0.2) is 15.9 Å². The first-order chi connectivity index (χ1) is 9.28. The third-order valence-corrected chi connectivity index (χ3v) is 3.03. The first kappa shape index (κ1) is 14.9. The molecule has 0 bridgehead atoms. The monoisotopic (exact) mass is 349 g/mol. The van der Waals surface area contributed by atoms with E-state index in [9.17, 15) is 13.2 Å². The second kappa shape index (κ2) is 5.45. The van der Waals surface area contributed by atoms with E-state index >= 15 is 0 Å². The van der Waals surface area contributed by atoms with Gasteiger partial charge in [0.25, 0.3) is 0 Å². The van der Waals surface area contributed by atoms with Crippen LogP contribution in [0.25, 0.3) is 5.69 Å². The highest BCUT2D eigenvalue weighted by atomic mass is 79.9. The van der Waals surface area contributed by atoms with Gasteiger partial charge in [-0.2, -0.15) is 0 Å². The van der Waals surface area contributed by atoms with E-state index in [0.29, 0.717) is 10.2 Å². The smallest absolute Gasteiger partial charge is 0.403 e. The predicted molar refractivity (Wildman–Crippen MR) is 70.5 cm³/mol. The molecule has 1 heterocycles. The Hall–Kier alpha value is -1.54. The molecule has 1 aromatic heterocycles. The molecular weight excluding hydrogens is 339 g/mol. The molecule has 108 valence electrons. The lowest BCUT2D eigenvalue weighted by atomic mass is 10.2. The highest BCUT2D eigenvalue weighted by molar-refractivity contribution is 9.10. The van der Waals surface area contributed by atoms with Crippen molar-refractivity contribution < 1.29 is 17.9 Å². The van der Waals surface area contributed by atoms with E-state index in [1.807, 2.05) is 0 Å². The van der Waals surface area contributed by atoms with E-state index in [1.54, 1.807) is 13.0 Å². The molecule has 0 aliphatic heterocycles. The number of imidazole rings is 1. The molecule has 0 fully saturated rings. The number of aromatic nitrogens is 2. The number of nitrogens with zero attached hydrogens (tertiary/aromatic N) is 2. The summed E-state index contributed by atoms with van der Waals surface area (Å²) in [7, 11) is 0. The largest absolute Gasteiger partial charge is 0.573 e. The molecule has 0 saturated heterocycles. The highest BCUT2D eigenvalue weighted by Crippen LogP contribution is 2.33. The first-order valence-corrected chi connectivity index (χ1v) is 6.41. The van der Waals surface area contributed by atoms with Crippen LogP contribution in [0.2, 0.25) is 0 Å². The SMILES string of the molecule is C[C@H](N)c1cncn1-c1ccc(Br)cc1OC(F)(F)F. The van der Waals surface area contributed by atoms with Crippen LogP contribution in [0.5, 0.6) is 5.75 Å². The minimum atomic E-state index is -4.77. The Labute approximate surface area is 121 Å². The number of hydrogen-bond donors (Lipinski definition) is 1. The maximum atomic E-state index is 12.5. The van der Waals surface area contributed by atoms with Gasteiger partial charge in [-0.1, -0.05) is 15.9 Å². The Morgan fingerprint density at radius 1 is 1.40 bits per heavy atom. The van der Waals surface area contributed by atoms with Gasteiger partial charge in [0.05, 0.1) is 23.9 Å². The third kappa shape index (κ3) is 3.31. The van der Waals surface area contributed by atoms with E-state index in [-0.39, 0.29) is 17.5 Å². The summed E-state index contributed by atoms with van der Waals surface area (Å²) in [6.07, 6.45) is -1.88. The van der Waals surface area contributed by atoms with Gasteiger partial charge in [-0.25, -0.2) is 4.98 Å². The number of hydrogen-bond acceptors (Lipinski definition) is 3. The molecule has 0 radical (unpaired) electrons. The summed E-state index contributed by atoms with van der Waals surface area (Å²) in [5.74, 6) is -0.327.